The van der Waals surface area contributed by atoms with Crippen molar-refractivity contribution in [3.63, 3.8) is 0 Å². The third-order valence-corrected chi connectivity index (χ3v) is 6.27. The van der Waals surface area contributed by atoms with Gasteiger partial charge >= 0.3 is 5.97 Å². The molecule has 2 aromatic heterocycles. The molecule has 0 bridgehead atoms. The van der Waals surface area contributed by atoms with E-state index in [-0.39, 0.29) is 5.56 Å². The molecule has 2 N–H and O–H groups in total. The van der Waals surface area contributed by atoms with Gasteiger partial charge in [-0.2, -0.15) is 5.10 Å². The molecule has 170 valence electrons. The number of hydrogen-bond donors (Lipinski definition) is 2. The van der Waals surface area contributed by atoms with Gasteiger partial charge in [0.15, 0.2) is 0 Å². The second-order valence-corrected chi connectivity index (χ2v) is 8.86. The molecule has 0 saturated heterocycles. The van der Waals surface area contributed by atoms with E-state index in [4.69, 9.17) is 16.3 Å². The zero-order valence-corrected chi connectivity index (χ0v) is 19.0. The van der Waals surface area contributed by atoms with Gasteiger partial charge in [0.1, 0.15) is 18.1 Å². The molecule has 1 aromatic carbocycles. The van der Waals surface area contributed by atoms with Gasteiger partial charge in [-0.3, -0.25) is 9.59 Å². The van der Waals surface area contributed by atoms with Crippen molar-refractivity contribution >= 4 is 28.6 Å². The number of ether oxygens (including phenoxy) is 1. The number of carboxylic acids is 1. The van der Waals surface area contributed by atoms with Crippen LogP contribution in [0.2, 0.25) is 5.02 Å². The summed E-state index contributed by atoms with van der Waals surface area (Å²) in [5.41, 5.74) is 3.52. The minimum Gasteiger partial charge on any atom is -0.492 e. The first kappa shape index (κ1) is 22.3. The highest BCUT2D eigenvalue weighted by Crippen LogP contribution is 2.30. The number of fused-ring (bicyclic) bond motifs is 2. The van der Waals surface area contributed by atoms with Crippen LogP contribution in [0.4, 0.5) is 0 Å². The van der Waals surface area contributed by atoms with Crippen LogP contribution < -0.4 is 10.3 Å². The zero-order valence-electron chi connectivity index (χ0n) is 18.3. The third-order valence-electron chi connectivity index (χ3n) is 5.97. The maximum absolute atomic E-state index is 12.7. The lowest BCUT2D eigenvalue weighted by molar-refractivity contribution is -0.138. The summed E-state index contributed by atoms with van der Waals surface area (Å²) < 4.78 is 6.94. The lowest BCUT2D eigenvalue weighted by Gasteiger charge is -2.19. The maximum atomic E-state index is 12.7. The number of carbonyl (C=O) groups is 1. The molecule has 1 aliphatic carbocycles. The SMILES string of the molecule is CCC(C)COc1cc2[nH]c(Cc3nn(CC(=O)O)c(=O)c4c3CCCC4)nc2cc1Cl. The van der Waals surface area contributed by atoms with E-state index in [1.165, 1.54) is 0 Å². The van der Waals surface area contributed by atoms with Crippen molar-refractivity contribution in [2.75, 3.05) is 6.61 Å². The van der Waals surface area contributed by atoms with Gasteiger partial charge in [-0.1, -0.05) is 31.9 Å². The molecule has 1 unspecified atom stereocenters. The van der Waals surface area contributed by atoms with Gasteiger partial charge in [0.2, 0.25) is 0 Å². The second-order valence-electron chi connectivity index (χ2n) is 8.45. The molecular weight excluding hydrogens is 432 g/mol. The van der Waals surface area contributed by atoms with Crippen LogP contribution in [-0.4, -0.2) is 37.4 Å². The highest BCUT2D eigenvalue weighted by Gasteiger charge is 2.22. The Balaban J connectivity index is 1.67. The first-order chi connectivity index (χ1) is 15.4. The van der Waals surface area contributed by atoms with Crippen molar-refractivity contribution in [3.8, 4) is 5.75 Å². The summed E-state index contributed by atoms with van der Waals surface area (Å²) >= 11 is 6.40. The number of aromatic amines is 1. The predicted molar refractivity (Wildman–Crippen MR) is 122 cm³/mol. The second kappa shape index (κ2) is 9.32. The lowest BCUT2D eigenvalue weighted by atomic mass is 9.91. The Morgan fingerprint density at radius 3 is 2.78 bits per heavy atom. The molecule has 2 heterocycles. The van der Waals surface area contributed by atoms with Gasteiger partial charge in [-0.05, 0) is 43.2 Å². The van der Waals surface area contributed by atoms with Crippen LogP contribution in [0.1, 0.15) is 55.8 Å². The van der Waals surface area contributed by atoms with Crippen molar-refractivity contribution < 1.29 is 14.6 Å². The van der Waals surface area contributed by atoms with Crippen molar-refractivity contribution in [2.24, 2.45) is 5.92 Å². The van der Waals surface area contributed by atoms with Crippen molar-refractivity contribution in [3.05, 3.63) is 50.2 Å². The van der Waals surface area contributed by atoms with Gasteiger partial charge in [0.25, 0.3) is 5.56 Å². The molecule has 32 heavy (non-hydrogen) atoms. The molecule has 0 spiro atoms. The Labute approximate surface area is 190 Å². The molecule has 3 aromatic rings. The number of aliphatic carboxylic acids is 1. The van der Waals surface area contributed by atoms with Crippen LogP contribution in [0.3, 0.4) is 0 Å². The summed E-state index contributed by atoms with van der Waals surface area (Å²) in [5.74, 6) is 0.624. The van der Waals surface area contributed by atoms with Crippen LogP contribution >= 0.6 is 11.6 Å². The van der Waals surface area contributed by atoms with E-state index < -0.39 is 12.5 Å². The fourth-order valence-corrected chi connectivity index (χ4v) is 4.22. The Morgan fingerprint density at radius 1 is 1.31 bits per heavy atom. The molecule has 0 saturated carbocycles. The Hall–Kier alpha value is -2.87. The molecule has 8 nitrogen and oxygen atoms in total. The summed E-state index contributed by atoms with van der Waals surface area (Å²) in [6.45, 7) is 4.38. The smallest absolute Gasteiger partial charge is 0.325 e. The molecule has 9 heteroatoms. The first-order valence-corrected chi connectivity index (χ1v) is 11.4. The van der Waals surface area contributed by atoms with E-state index in [2.05, 4.69) is 28.9 Å². The van der Waals surface area contributed by atoms with Crippen LogP contribution in [0.15, 0.2) is 16.9 Å². The number of hydrogen-bond acceptors (Lipinski definition) is 5. The zero-order chi connectivity index (χ0) is 22.8. The Kier molecular flexibility index (Phi) is 6.50. The number of halogens is 1. The number of H-pyrrole nitrogens is 1. The topological polar surface area (TPSA) is 110 Å². The van der Waals surface area contributed by atoms with E-state index in [9.17, 15) is 14.7 Å². The highest BCUT2D eigenvalue weighted by atomic mass is 35.5. The standard InChI is InChI=1S/C23H27ClN4O4/c1-3-13(2)12-32-20-9-19-18(8-16(20)24)25-21(26-19)10-17-14-6-4-5-7-15(14)23(31)28(27-17)11-22(29)30/h8-9,13H,3-7,10-12H2,1-2H3,(H,25,26)(H,29,30). The average Bonchev–Trinajstić information content (AvgIpc) is 3.15. The number of carboxylic acid groups (broad SMARTS) is 1. The van der Waals surface area contributed by atoms with Crippen LogP contribution in [0.25, 0.3) is 11.0 Å². The van der Waals surface area contributed by atoms with E-state index in [0.29, 0.717) is 58.7 Å². The first-order valence-electron chi connectivity index (χ1n) is 11.0. The molecule has 0 aliphatic heterocycles. The Morgan fingerprint density at radius 2 is 2.06 bits per heavy atom. The van der Waals surface area contributed by atoms with Crippen molar-refractivity contribution in [1.82, 2.24) is 19.7 Å². The number of rotatable bonds is 8. The quantitative estimate of drug-likeness (QED) is 0.532. The lowest BCUT2D eigenvalue weighted by Crippen LogP contribution is -2.33. The monoisotopic (exact) mass is 458 g/mol. The summed E-state index contributed by atoms with van der Waals surface area (Å²) in [4.78, 5) is 31.8. The van der Waals surface area contributed by atoms with Gasteiger partial charge < -0.3 is 14.8 Å². The number of aromatic nitrogens is 4. The van der Waals surface area contributed by atoms with E-state index in [1.807, 2.05) is 6.07 Å². The van der Waals surface area contributed by atoms with Gasteiger partial charge in [0.05, 0.1) is 34.8 Å². The molecule has 1 atom stereocenters. The number of nitrogens with one attached hydrogen (secondary N) is 1. The van der Waals surface area contributed by atoms with Crippen molar-refractivity contribution in [2.45, 2.75) is 58.9 Å². The number of nitrogens with zero attached hydrogens (tertiary/aromatic N) is 3. The summed E-state index contributed by atoms with van der Waals surface area (Å²) in [7, 11) is 0. The predicted octanol–water partition coefficient (Wildman–Crippen LogP) is 3.75. The number of benzene rings is 1. The van der Waals surface area contributed by atoms with Gasteiger partial charge in [0, 0.05) is 11.6 Å². The molecule has 0 amide bonds. The van der Waals surface area contributed by atoms with Gasteiger partial charge in [-0.15, -0.1) is 0 Å². The van der Waals surface area contributed by atoms with Gasteiger partial charge in [-0.25, -0.2) is 9.67 Å². The number of imidazole rings is 1. The summed E-state index contributed by atoms with van der Waals surface area (Å²) in [5, 5.41) is 14.1. The fourth-order valence-electron chi connectivity index (χ4n) is 4.01. The molecule has 4 rings (SSSR count). The van der Waals surface area contributed by atoms with Crippen LogP contribution in [0.5, 0.6) is 5.75 Å². The third kappa shape index (κ3) is 4.65. The van der Waals surface area contributed by atoms with E-state index >= 15 is 0 Å². The minimum atomic E-state index is -1.09. The largest absolute Gasteiger partial charge is 0.492 e. The highest BCUT2D eigenvalue weighted by molar-refractivity contribution is 6.32. The van der Waals surface area contributed by atoms with E-state index in [1.54, 1.807) is 6.07 Å². The molecular formula is C23H27ClN4O4. The summed E-state index contributed by atoms with van der Waals surface area (Å²) in [6, 6.07) is 3.63. The van der Waals surface area contributed by atoms with Crippen LogP contribution in [-0.2, 0) is 30.6 Å². The fraction of sp³-hybridized carbons (Fsp3) is 0.478. The molecule has 0 fully saturated rings. The molecule has 1 aliphatic rings. The van der Waals surface area contributed by atoms with Crippen molar-refractivity contribution in [1.29, 1.82) is 0 Å². The van der Waals surface area contributed by atoms with E-state index in [0.717, 1.165) is 41.4 Å². The minimum absolute atomic E-state index is 0.301. The average molecular weight is 459 g/mol. The Bertz CT molecular complexity index is 1220. The van der Waals surface area contributed by atoms with Crippen LogP contribution in [0, 0.1) is 5.92 Å². The summed E-state index contributed by atoms with van der Waals surface area (Å²) in [6.07, 6.45) is 4.71. The molecule has 0 radical (unpaired) electrons. The maximum Gasteiger partial charge on any atom is 0.325 e. The normalized spacial score (nSPS) is 14.3.